The first kappa shape index (κ1) is 12.9. The number of hydrogen-bond acceptors (Lipinski definition) is 2. The van der Waals surface area contributed by atoms with E-state index in [1.165, 1.54) is 11.3 Å². The van der Waals surface area contributed by atoms with E-state index < -0.39 is 0 Å². The van der Waals surface area contributed by atoms with Crippen LogP contribution in [0.3, 0.4) is 0 Å². The van der Waals surface area contributed by atoms with Crippen LogP contribution in [0.5, 0.6) is 0 Å². The second kappa shape index (κ2) is 6.43. The smallest absolute Gasteiger partial charge is 0.219 e. The molecule has 18 heavy (non-hydrogen) atoms. The van der Waals surface area contributed by atoms with Crippen molar-refractivity contribution in [3.8, 4) is 0 Å². The number of para-hydroxylation sites is 1. The van der Waals surface area contributed by atoms with Gasteiger partial charge in [0.15, 0.2) is 0 Å². The number of carbonyl (C=O) groups excluding carboxylic acids is 1. The van der Waals surface area contributed by atoms with E-state index in [2.05, 4.69) is 41.8 Å². The Balaban J connectivity index is 1.74. The molecule has 1 heterocycles. The molecular formula is C15H22N2O. The molecule has 0 saturated carbocycles. The molecule has 3 heteroatoms. The molecule has 2 N–H and O–H groups in total. The number of unbranched alkanes of at least 4 members (excludes halogenated alkanes) is 1. The molecule has 1 aliphatic rings. The van der Waals surface area contributed by atoms with Crippen LogP contribution in [-0.2, 0) is 4.79 Å². The molecule has 0 radical (unpaired) electrons. The second-order valence-electron chi connectivity index (χ2n) is 4.91. The van der Waals surface area contributed by atoms with Gasteiger partial charge in [0.05, 0.1) is 0 Å². The molecule has 1 unspecified atom stereocenters. The highest BCUT2D eigenvalue weighted by atomic mass is 16.1. The van der Waals surface area contributed by atoms with Crippen LogP contribution in [0.25, 0.3) is 0 Å². The first-order chi connectivity index (χ1) is 8.81. The number of amides is 1. The van der Waals surface area contributed by atoms with E-state index in [0.717, 1.165) is 32.4 Å². The average molecular weight is 246 g/mol. The number of fused-ring (bicyclic) bond motifs is 1. The lowest BCUT2D eigenvalue weighted by molar-refractivity contribution is -0.121. The predicted octanol–water partition coefficient (Wildman–Crippen LogP) is 2.89. The van der Waals surface area contributed by atoms with Crippen molar-refractivity contribution in [2.45, 2.75) is 38.5 Å². The van der Waals surface area contributed by atoms with Crippen molar-refractivity contribution < 1.29 is 4.79 Å². The van der Waals surface area contributed by atoms with Gasteiger partial charge >= 0.3 is 0 Å². The SMILES string of the molecule is CCCCC(=O)NCCC1CNc2ccccc21. The molecule has 1 aliphatic heterocycles. The van der Waals surface area contributed by atoms with Crippen molar-refractivity contribution in [2.75, 3.05) is 18.4 Å². The van der Waals surface area contributed by atoms with Crippen molar-refractivity contribution in [2.24, 2.45) is 0 Å². The molecule has 1 amide bonds. The van der Waals surface area contributed by atoms with Crippen LogP contribution in [0, 0.1) is 0 Å². The van der Waals surface area contributed by atoms with Gasteiger partial charge < -0.3 is 10.6 Å². The molecule has 0 aliphatic carbocycles. The molecule has 0 aromatic heterocycles. The van der Waals surface area contributed by atoms with Gasteiger partial charge in [-0.05, 0) is 24.5 Å². The molecule has 0 spiro atoms. The average Bonchev–Trinajstić information content (AvgIpc) is 2.80. The largest absolute Gasteiger partial charge is 0.384 e. The highest BCUT2D eigenvalue weighted by Gasteiger charge is 2.20. The van der Waals surface area contributed by atoms with Gasteiger partial charge in [-0.2, -0.15) is 0 Å². The van der Waals surface area contributed by atoms with Gasteiger partial charge in [-0.25, -0.2) is 0 Å². The lowest BCUT2D eigenvalue weighted by Crippen LogP contribution is -2.25. The maximum atomic E-state index is 11.5. The minimum absolute atomic E-state index is 0.191. The number of benzene rings is 1. The topological polar surface area (TPSA) is 41.1 Å². The lowest BCUT2D eigenvalue weighted by atomic mass is 9.98. The van der Waals surface area contributed by atoms with Crippen LogP contribution in [0.1, 0.15) is 44.1 Å². The van der Waals surface area contributed by atoms with Gasteiger partial charge in [-0.15, -0.1) is 0 Å². The summed E-state index contributed by atoms with van der Waals surface area (Å²) in [5.74, 6) is 0.726. The van der Waals surface area contributed by atoms with Crippen molar-refractivity contribution >= 4 is 11.6 Å². The molecule has 1 aromatic rings. The monoisotopic (exact) mass is 246 g/mol. The summed E-state index contributed by atoms with van der Waals surface area (Å²) >= 11 is 0. The van der Waals surface area contributed by atoms with E-state index >= 15 is 0 Å². The van der Waals surface area contributed by atoms with E-state index in [-0.39, 0.29) is 5.91 Å². The molecule has 2 rings (SSSR count). The fourth-order valence-corrected chi connectivity index (χ4v) is 2.43. The normalized spacial score (nSPS) is 17.1. The molecule has 3 nitrogen and oxygen atoms in total. The van der Waals surface area contributed by atoms with Crippen LogP contribution < -0.4 is 10.6 Å². The van der Waals surface area contributed by atoms with Gasteiger partial charge in [-0.3, -0.25) is 4.79 Å². The first-order valence-corrected chi connectivity index (χ1v) is 6.90. The van der Waals surface area contributed by atoms with Gasteiger partial charge in [0.2, 0.25) is 5.91 Å². The summed E-state index contributed by atoms with van der Waals surface area (Å²) in [5.41, 5.74) is 2.64. The Morgan fingerprint density at radius 3 is 3.11 bits per heavy atom. The molecule has 0 fully saturated rings. The zero-order valence-corrected chi connectivity index (χ0v) is 11.0. The summed E-state index contributed by atoms with van der Waals surface area (Å²) in [6.07, 6.45) is 3.74. The van der Waals surface area contributed by atoms with E-state index in [0.29, 0.717) is 12.3 Å². The third-order valence-electron chi connectivity index (χ3n) is 3.51. The van der Waals surface area contributed by atoms with Crippen LogP contribution >= 0.6 is 0 Å². The standard InChI is InChI=1S/C15H22N2O/c1-2-3-8-15(18)16-10-9-12-11-17-14-7-5-4-6-13(12)14/h4-7,12,17H,2-3,8-11H2,1H3,(H,16,18). The number of rotatable bonds is 6. The van der Waals surface area contributed by atoms with Crippen LogP contribution in [0.15, 0.2) is 24.3 Å². The van der Waals surface area contributed by atoms with Crippen molar-refractivity contribution in [3.63, 3.8) is 0 Å². The highest BCUT2D eigenvalue weighted by Crippen LogP contribution is 2.32. The molecule has 1 aromatic carbocycles. The molecular weight excluding hydrogens is 224 g/mol. The summed E-state index contributed by atoms with van der Waals surface area (Å²) in [6, 6.07) is 8.44. The summed E-state index contributed by atoms with van der Waals surface area (Å²) in [7, 11) is 0. The zero-order valence-electron chi connectivity index (χ0n) is 11.0. The van der Waals surface area contributed by atoms with Crippen LogP contribution in [0.4, 0.5) is 5.69 Å². The van der Waals surface area contributed by atoms with Gasteiger partial charge in [0, 0.05) is 31.1 Å². The Kier molecular flexibility index (Phi) is 4.62. The van der Waals surface area contributed by atoms with Gasteiger partial charge in [-0.1, -0.05) is 31.5 Å². The number of nitrogens with one attached hydrogen (secondary N) is 2. The van der Waals surface area contributed by atoms with Crippen LogP contribution in [-0.4, -0.2) is 19.0 Å². The Morgan fingerprint density at radius 2 is 2.28 bits per heavy atom. The van der Waals surface area contributed by atoms with Gasteiger partial charge in [0.1, 0.15) is 0 Å². The molecule has 0 saturated heterocycles. The Bertz CT molecular complexity index is 403. The quantitative estimate of drug-likeness (QED) is 0.810. The van der Waals surface area contributed by atoms with E-state index in [9.17, 15) is 4.79 Å². The number of carbonyl (C=O) groups is 1. The second-order valence-corrected chi connectivity index (χ2v) is 4.91. The highest BCUT2D eigenvalue weighted by molar-refractivity contribution is 5.75. The Labute approximate surface area is 109 Å². The predicted molar refractivity (Wildman–Crippen MR) is 74.8 cm³/mol. The maximum absolute atomic E-state index is 11.5. The van der Waals surface area contributed by atoms with Crippen molar-refractivity contribution in [1.82, 2.24) is 5.32 Å². The molecule has 98 valence electrons. The summed E-state index contributed by atoms with van der Waals surface area (Å²) < 4.78 is 0. The minimum atomic E-state index is 0.191. The minimum Gasteiger partial charge on any atom is -0.384 e. The third-order valence-corrected chi connectivity index (χ3v) is 3.51. The zero-order chi connectivity index (χ0) is 12.8. The number of hydrogen-bond donors (Lipinski definition) is 2. The van der Waals surface area contributed by atoms with E-state index in [1.807, 2.05) is 0 Å². The Morgan fingerprint density at radius 1 is 1.44 bits per heavy atom. The lowest BCUT2D eigenvalue weighted by Gasteiger charge is -2.10. The fourth-order valence-electron chi connectivity index (χ4n) is 2.43. The summed E-state index contributed by atoms with van der Waals surface area (Å²) in [5, 5.41) is 6.42. The number of anilines is 1. The first-order valence-electron chi connectivity index (χ1n) is 6.90. The fraction of sp³-hybridized carbons (Fsp3) is 0.533. The Hall–Kier alpha value is -1.51. The van der Waals surface area contributed by atoms with Crippen molar-refractivity contribution in [3.05, 3.63) is 29.8 Å². The molecule has 1 atom stereocenters. The van der Waals surface area contributed by atoms with Crippen LogP contribution in [0.2, 0.25) is 0 Å². The summed E-state index contributed by atoms with van der Waals surface area (Å²) in [4.78, 5) is 11.5. The third kappa shape index (κ3) is 3.25. The van der Waals surface area contributed by atoms with Crippen molar-refractivity contribution in [1.29, 1.82) is 0 Å². The molecule has 0 bridgehead atoms. The van der Waals surface area contributed by atoms with E-state index in [4.69, 9.17) is 0 Å². The maximum Gasteiger partial charge on any atom is 0.219 e. The van der Waals surface area contributed by atoms with E-state index in [1.54, 1.807) is 0 Å². The summed E-state index contributed by atoms with van der Waals surface area (Å²) in [6.45, 7) is 3.88. The van der Waals surface area contributed by atoms with Gasteiger partial charge in [0.25, 0.3) is 0 Å².